The molecule has 0 bridgehead atoms. The minimum absolute atomic E-state index is 0.158. The van der Waals surface area contributed by atoms with Gasteiger partial charge < -0.3 is 4.74 Å². The van der Waals surface area contributed by atoms with E-state index in [2.05, 4.69) is 15.9 Å². The highest BCUT2D eigenvalue weighted by Crippen LogP contribution is 2.39. The molecule has 0 fully saturated rings. The zero-order valence-electron chi connectivity index (χ0n) is 9.22. The Morgan fingerprint density at radius 3 is 2.61 bits per heavy atom. The lowest BCUT2D eigenvalue weighted by atomic mass is 10.00. The molecule has 6 heteroatoms. The molecule has 0 spiro atoms. The Hall–Kier alpha value is -1.30. The third-order valence-electron chi connectivity index (χ3n) is 2.56. The second kappa shape index (κ2) is 4.42. The molecule has 1 aromatic rings. The number of alkyl halides is 3. The number of fused-ring (bicyclic) bond motifs is 1. The summed E-state index contributed by atoms with van der Waals surface area (Å²) in [5.74, 6) is 0.158. The number of aryl methyl sites for hydroxylation is 1. The van der Waals surface area contributed by atoms with Crippen molar-refractivity contribution in [1.82, 2.24) is 0 Å². The van der Waals surface area contributed by atoms with Gasteiger partial charge >= 0.3 is 6.18 Å². The van der Waals surface area contributed by atoms with Crippen molar-refractivity contribution in [2.45, 2.75) is 19.2 Å². The Balaban J connectivity index is 2.57. The minimum Gasteiger partial charge on any atom is -0.475 e. The van der Waals surface area contributed by atoms with Crippen molar-refractivity contribution in [3.05, 3.63) is 33.3 Å². The van der Waals surface area contributed by atoms with Crippen LogP contribution in [0.2, 0.25) is 0 Å². The maximum Gasteiger partial charge on any atom is 0.429 e. The fourth-order valence-corrected chi connectivity index (χ4v) is 2.41. The van der Waals surface area contributed by atoms with Gasteiger partial charge in [-0.05, 0) is 30.7 Å². The number of hydrogen-bond donors (Lipinski definition) is 0. The molecule has 1 aromatic carbocycles. The molecule has 96 valence electrons. The van der Waals surface area contributed by atoms with Gasteiger partial charge in [0.25, 0.3) is 0 Å². The number of halogens is 4. The highest BCUT2D eigenvalue weighted by Gasteiger charge is 2.46. The van der Waals surface area contributed by atoms with Gasteiger partial charge in [-0.1, -0.05) is 15.9 Å². The molecule has 0 aliphatic carbocycles. The molecule has 0 N–H and O–H groups in total. The van der Waals surface area contributed by atoms with Crippen molar-refractivity contribution < 1.29 is 22.7 Å². The predicted molar refractivity (Wildman–Crippen MR) is 63.4 cm³/mol. The molecular formula is C12H8BrF3O2. The number of carbonyl (C=O) groups excluding carboxylic acids is 1. The van der Waals surface area contributed by atoms with Crippen LogP contribution in [0.4, 0.5) is 13.2 Å². The standard InChI is InChI=1S/C12H8BrF3O2/c1-6-2-9(13)4-7-3-8(5-17)11(12(14,15)16)18-10(6)7/h2-5,11H,1H3/t11-/m1/s1. The number of carbonyl (C=O) groups is 1. The second-order valence-electron chi connectivity index (χ2n) is 3.94. The van der Waals surface area contributed by atoms with Gasteiger partial charge in [-0.2, -0.15) is 13.2 Å². The van der Waals surface area contributed by atoms with Crippen LogP contribution in [-0.2, 0) is 4.79 Å². The van der Waals surface area contributed by atoms with Crippen LogP contribution in [0.15, 0.2) is 22.2 Å². The van der Waals surface area contributed by atoms with E-state index in [9.17, 15) is 18.0 Å². The fourth-order valence-electron chi connectivity index (χ4n) is 1.82. The maximum absolute atomic E-state index is 12.7. The van der Waals surface area contributed by atoms with Crippen LogP contribution < -0.4 is 4.74 Å². The SMILES string of the molecule is Cc1cc(Br)cc2c1O[C@@H](C(F)(F)F)C(C=O)=C2. The first kappa shape index (κ1) is 13.1. The van der Waals surface area contributed by atoms with E-state index < -0.39 is 17.9 Å². The van der Waals surface area contributed by atoms with Crippen molar-refractivity contribution in [3.63, 3.8) is 0 Å². The summed E-state index contributed by atoms with van der Waals surface area (Å²) in [6.07, 6.45) is -5.41. The van der Waals surface area contributed by atoms with Gasteiger partial charge in [-0.15, -0.1) is 0 Å². The average molecular weight is 321 g/mol. The lowest BCUT2D eigenvalue weighted by Crippen LogP contribution is -2.38. The van der Waals surface area contributed by atoms with Gasteiger partial charge in [0, 0.05) is 15.6 Å². The Kier molecular flexibility index (Phi) is 3.23. The van der Waals surface area contributed by atoms with Gasteiger partial charge in [-0.25, -0.2) is 0 Å². The molecule has 0 amide bonds. The molecule has 1 heterocycles. The molecular weight excluding hydrogens is 313 g/mol. The Labute approximate surface area is 110 Å². The van der Waals surface area contributed by atoms with Crippen LogP contribution >= 0.6 is 15.9 Å². The van der Waals surface area contributed by atoms with E-state index in [1.54, 1.807) is 19.1 Å². The lowest BCUT2D eigenvalue weighted by molar-refractivity contribution is -0.184. The van der Waals surface area contributed by atoms with Gasteiger partial charge in [-0.3, -0.25) is 4.79 Å². The van der Waals surface area contributed by atoms with Crippen molar-refractivity contribution in [2.75, 3.05) is 0 Å². The molecule has 1 aliphatic heterocycles. The Morgan fingerprint density at radius 2 is 2.06 bits per heavy atom. The van der Waals surface area contributed by atoms with Crippen LogP contribution in [0.5, 0.6) is 5.75 Å². The summed E-state index contributed by atoms with van der Waals surface area (Å²) in [5.41, 5.74) is 0.617. The number of benzene rings is 1. The van der Waals surface area contributed by atoms with E-state index in [4.69, 9.17) is 4.74 Å². The number of ether oxygens (including phenoxy) is 1. The molecule has 0 aromatic heterocycles. The molecule has 2 rings (SSSR count). The van der Waals surface area contributed by atoms with Crippen molar-refractivity contribution in [1.29, 1.82) is 0 Å². The zero-order valence-corrected chi connectivity index (χ0v) is 10.8. The number of hydrogen-bond acceptors (Lipinski definition) is 2. The van der Waals surface area contributed by atoms with Crippen LogP contribution in [-0.4, -0.2) is 18.6 Å². The predicted octanol–water partition coefficient (Wildman–Crippen LogP) is 3.66. The van der Waals surface area contributed by atoms with E-state index in [1.807, 2.05) is 0 Å². The first-order valence-electron chi connectivity index (χ1n) is 5.03. The summed E-state index contributed by atoms with van der Waals surface area (Å²) in [4.78, 5) is 10.7. The molecule has 2 nitrogen and oxygen atoms in total. The van der Waals surface area contributed by atoms with E-state index in [-0.39, 0.29) is 12.0 Å². The van der Waals surface area contributed by atoms with Gasteiger partial charge in [0.2, 0.25) is 6.10 Å². The maximum atomic E-state index is 12.7. The second-order valence-corrected chi connectivity index (χ2v) is 4.86. The van der Waals surface area contributed by atoms with Crippen LogP contribution in [0.3, 0.4) is 0 Å². The van der Waals surface area contributed by atoms with Crippen molar-refractivity contribution in [2.24, 2.45) is 0 Å². The Morgan fingerprint density at radius 1 is 1.39 bits per heavy atom. The first-order chi connectivity index (χ1) is 8.32. The molecule has 1 atom stereocenters. The molecule has 0 radical (unpaired) electrons. The van der Waals surface area contributed by atoms with Crippen molar-refractivity contribution >= 4 is 28.3 Å². The smallest absolute Gasteiger partial charge is 0.429 e. The number of rotatable bonds is 1. The van der Waals surface area contributed by atoms with E-state index in [0.717, 1.165) is 0 Å². The highest BCUT2D eigenvalue weighted by molar-refractivity contribution is 9.10. The molecule has 18 heavy (non-hydrogen) atoms. The molecule has 0 saturated heterocycles. The zero-order chi connectivity index (χ0) is 13.5. The van der Waals surface area contributed by atoms with E-state index in [0.29, 0.717) is 15.6 Å². The summed E-state index contributed by atoms with van der Waals surface area (Å²) in [7, 11) is 0. The van der Waals surface area contributed by atoms with E-state index >= 15 is 0 Å². The summed E-state index contributed by atoms with van der Waals surface area (Å²) in [5, 5.41) is 0. The van der Waals surface area contributed by atoms with Crippen LogP contribution in [0, 0.1) is 6.92 Å². The summed E-state index contributed by atoms with van der Waals surface area (Å²) < 4.78 is 43.9. The largest absolute Gasteiger partial charge is 0.475 e. The minimum atomic E-state index is -4.61. The van der Waals surface area contributed by atoms with E-state index in [1.165, 1.54) is 6.08 Å². The lowest BCUT2D eigenvalue weighted by Gasteiger charge is -2.27. The quantitative estimate of drug-likeness (QED) is 0.738. The van der Waals surface area contributed by atoms with Gasteiger partial charge in [0.15, 0.2) is 0 Å². The summed E-state index contributed by atoms with van der Waals surface area (Å²) in [6, 6.07) is 3.27. The molecule has 0 saturated carbocycles. The van der Waals surface area contributed by atoms with Crippen LogP contribution in [0.1, 0.15) is 11.1 Å². The monoisotopic (exact) mass is 320 g/mol. The summed E-state index contributed by atoms with van der Waals surface area (Å²) >= 11 is 3.24. The molecule has 0 unspecified atom stereocenters. The normalized spacial score (nSPS) is 18.7. The van der Waals surface area contributed by atoms with Gasteiger partial charge in [0.1, 0.15) is 12.0 Å². The van der Waals surface area contributed by atoms with Crippen molar-refractivity contribution in [3.8, 4) is 5.75 Å². The third-order valence-corrected chi connectivity index (χ3v) is 3.02. The Bertz CT molecular complexity index is 535. The highest BCUT2D eigenvalue weighted by atomic mass is 79.9. The van der Waals surface area contributed by atoms with Crippen LogP contribution in [0.25, 0.3) is 6.08 Å². The third kappa shape index (κ3) is 2.29. The average Bonchev–Trinajstić information content (AvgIpc) is 2.25. The van der Waals surface area contributed by atoms with Gasteiger partial charge in [0.05, 0.1) is 0 Å². The fraction of sp³-hybridized carbons (Fsp3) is 0.250. The topological polar surface area (TPSA) is 26.3 Å². The first-order valence-corrected chi connectivity index (χ1v) is 5.82. The number of aldehydes is 1. The summed E-state index contributed by atoms with van der Waals surface area (Å²) in [6.45, 7) is 1.65. The molecule has 1 aliphatic rings.